The van der Waals surface area contributed by atoms with Crippen LogP contribution in [0.1, 0.15) is 32.3 Å². The van der Waals surface area contributed by atoms with Gasteiger partial charge in [-0.25, -0.2) is 0 Å². The van der Waals surface area contributed by atoms with Crippen LogP contribution >= 0.6 is 15.9 Å². The summed E-state index contributed by atoms with van der Waals surface area (Å²) < 4.78 is 12.1. The number of ether oxygens (including phenoxy) is 2. The van der Waals surface area contributed by atoms with Gasteiger partial charge in [0.2, 0.25) is 0 Å². The third-order valence-electron chi connectivity index (χ3n) is 3.22. The summed E-state index contributed by atoms with van der Waals surface area (Å²) in [5.74, 6) is 1.40. The first-order valence-corrected chi connectivity index (χ1v) is 7.83. The van der Waals surface area contributed by atoms with Crippen LogP contribution in [0.5, 0.6) is 11.5 Å². The van der Waals surface area contributed by atoms with Crippen molar-refractivity contribution in [2.75, 3.05) is 20.3 Å². The minimum atomic E-state index is -0.310. The highest BCUT2D eigenvalue weighted by atomic mass is 79.9. The maximum Gasteiger partial charge on any atom is 0.175 e. The first-order chi connectivity index (χ1) is 9.93. The van der Waals surface area contributed by atoms with Crippen molar-refractivity contribution in [2.24, 2.45) is 11.1 Å². The van der Waals surface area contributed by atoms with Crippen molar-refractivity contribution in [1.82, 2.24) is 0 Å². The number of hydrogen-bond acceptors (Lipinski definition) is 4. The molecule has 0 spiro atoms. The molecular weight excluding hydrogens is 332 g/mol. The molecule has 0 fully saturated rings. The van der Waals surface area contributed by atoms with Gasteiger partial charge in [0.1, 0.15) is 0 Å². The normalized spacial score (nSPS) is 11.0. The maximum absolute atomic E-state index is 8.99. The Morgan fingerprint density at radius 3 is 2.67 bits per heavy atom. The monoisotopic (exact) mass is 354 g/mol. The summed E-state index contributed by atoms with van der Waals surface area (Å²) in [6.45, 7) is 5.02. The Bertz CT molecular complexity index is 510. The van der Waals surface area contributed by atoms with Crippen LogP contribution in [-0.4, -0.2) is 20.3 Å². The second-order valence-electron chi connectivity index (χ2n) is 5.60. The molecule has 5 heteroatoms. The van der Waals surface area contributed by atoms with Crippen molar-refractivity contribution in [3.8, 4) is 17.6 Å². The summed E-state index contributed by atoms with van der Waals surface area (Å²) in [7, 11) is 1.62. The lowest BCUT2D eigenvalue weighted by Crippen LogP contribution is -2.10. The van der Waals surface area contributed by atoms with Gasteiger partial charge in [0.05, 0.1) is 29.7 Å². The molecule has 1 aromatic rings. The lowest BCUT2D eigenvalue weighted by molar-refractivity contribution is 0.268. The van der Waals surface area contributed by atoms with Crippen molar-refractivity contribution in [3.05, 3.63) is 22.2 Å². The summed E-state index contributed by atoms with van der Waals surface area (Å²) in [4.78, 5) is 0. The van der Waals surface area contributed by atoms with E-state index in [0.717, 1.165) is 29.3 Å². The Morgan fingerprint density at radius 1 is 1.38 bits per heavy atom. The van der Waals surface area contributed by atoms with Crippen LogP contribution in [0, 0.1) is 16.7 Å². The van der Waals surface area contributed by atoms with Crippen LogP contribution in [0.3, 0.4) is 0 Å². The highest BCUT2D eigenvalue weighted by Gasteiger charge is 2.17. The minimum Gasteiger partial charge on any atom is -0.493 e. The predicted molar refractivity (Wildman–Crippen MR) is 87.6 cm³/mol. The second-order valence-corrected chi connectivity index (χ2v) is 6.45. The summed E-state index contributed by atoms with van der Waals surface area (Å²) in [5.41, 5.74) is 6.38. The van der Waals surface area contributed by atoms with E-state index in [-0.39, 0.29) is 5.41 Å². The highest BCUT2D eigenvalue weighted by molar-refractivity contribution is 9.10. The van der Waals surface area contributed by atoms with Crippen molar-refractivity contribution in [2.45, 2.75) is 33.1 Å². The van der Waals surface area contributed by atoms with E-state index in [4.69, 9.17) is 20.5 Å². The molecule has 21 heavy (non-hydrogen) atoms. The summed E-state index contributed by atoms with van der Waals surface area (Å²) in [5, 5.41) is 8.99. The Balaban J connectivity index is 2.69. The van der Waals surface area contributed by atoms with Crippen molar-refractivity contribution in [1.29, 1.82) is 5.26 Å². The largest absolute Gasteiger partial charge is 0.493 e. The zero-order valence-corrected chi connectivity index (χ0v) is 14.5. The van der Waals surface area contributed by atoms with Gasteiger partial charge in [-0.3, -0.25) is 0 Å². The average molecular weight is 355 g/mol. The fourth-order valence-electron chi connectivity index (χ4n) is 1.97. The van der Waals surface area contributed by atoms with Crippen LogP contribution in [0.15, 0.2) is 16.6 Å². The fraction of sp³-hybridized carbons (Fsp3) is 0.562. The lowest BCUT2D eigenvalue weighted by Gasteiger charge is -2.17. The Morgan fingerprint density at radius 2 is 2.10 bits per heavy atom. The van der Waals surface area contributed by atoms with Gasteiger partial charge in [0.15, 0.2) is 11.5 Å². The molecule has 0 radical (unpaired) electrons. The highest BCUT2D eigenvalue weighted by Crippen LogP contribution is 2.37. The second kappa shape index (κ2) is 8.26. The van der Waals surface area contributed by atoms with Gasteiger partial charge in [-0.1, -0.05) is 0 Å². The topological polar surface area (TPSA) is 68.3 Å². The van der Waals surface area contributed by atoms with Gasteiger partial charge in [0.25, 0.3) is 0 Å². The van der Waals surface area contributed by atoms with E-state index in [1.165, 1.54) is 0 Å². The zero-order chi connectivity index (χ0) is 15.9. The smallest absolute Gasteiger partial charge is 0.175 e. The molecule has 0 aromatic heterocycles. The van der Waals surface area contributed by atoms with Crippen molar-refractivity contribution < 1.29 is 9.47 Å². The average Bonchev–Trinajstić information content (AvgIpc) is 2.45. The van der Waals surface area contributed by atoms with Crippen LogP contribution < -0.4 is 15.2 Å². The Labute approximate surface area is 135 Å². The molecule has 0 saturated heterocycles. The van der Waals surface area contributed by atoms with Crippen LogP contribution in [0.2, 0.25) is 0 Å². The van der Waals surface area contributed by atoms with Crippen LogP contribution in [-0.2, 0) is 6.42 Å². The number of halogens is 1. The third kappa shape index (κ3) is 5.56. The molecule has 0 aliphatic heterocycles. The lowest BCUT2D eigenvalue weighted by atomic mass is 9.90. The number of nitrogens with two attached hydrogens (primary N) is 1. The molecule has 0 bridgehead atoms. The number of nitriles is 1. The van der Waals surface area contributed by atoms with E-state index in [1.54, 1.807) is 7.11 Å². The van der Waals surface area contributed by atoms with Crippen molar-refractivity contribution in [3.63, 3.8) is 0 Å². The first kappa shape index (κ1) is 17.8. The Hall–Kier alpha value is -1.25. The number of nitrogens with zero attached hydrogens (tertiary/aromatic N) is 1. The maximum atomic E-state index is 8.99. The quantitative estimate of drug-likeness (QED) is 0.723. The molecule has 0 aliphatic carbocycles. The van der Waals surface area contributed by atoms with Crippen LogP contribution in [0.25, 0.3) is 0 Å². The summed E-state index contributed by atoms with van der Waals surface area (Å²) in [6.07, 6.45) is 2.42. The standard InChI is InChI=1S/C16H23BrN2O2/c1-16(2,11-19)6-4-8-21-15-13(17)9-12(5-7-18)10-14(15)20-3/h9-10H,4-8,18H2,1-3H3. The third-order valence-corrected chi connectivity index (χ3v) is 3.81. The van der Waals surface area contributed by atoms with Gasteiger partial charge in [-0.05, 0) is 73.3 Å². The summed E-state index contributed by atoms with van der Waals surface area (Å²) in [6, 6.07) is 6.25. The van der Waals surface area contributed by atoms with E-state index in [1.807, 2.05) is 26.0 Å². The molecule has 0 atom stereocenters. The Kier molecular flexibility index (Phi) is 7.00. The van der Waals surface area contributed by atoms with Gasteiger partial charge in [0, 0.05) is 0 Å². The molecule has 1 rings (SSSR count). The molecule has 0 aliphatic rings. The van der Waals surface area contributed by atoms with Gasteiger partial charge in [-0.15, -0.1) is 0 Å². The fourth-order valence-corrected chi connectivity index (χ4v) is 2.57. The zero-order valence-electron chi connectivity index (χ0n) is 12.9. The van der Waals surface area contributed by atoms with E-state index < -0.39 is 0 Å². The molecule has 0 heterocycles. The van der Waals surface area contributed by atoms with Gasteiger partial charge >= 0.3 is 0 Å². The van der Waals surface area contributed by atoms with Crippen molar-refractivity contribution >= 4 is 15.9 Å². The molecule has 1 aromatic carbocycles. The van der Waals surface area contributed by atoms with Crippen LogP contribution in [0.4, 0.5) is 0 Å². The first-order valence-electron chi connectivity index (χ1n) is 7.04. The van der Waals surface area contributed by atoms with E-state index in [0.29, 0.717) is 24.7 Å². The molecule has 116 valence electrons. The number of rotatable bonds is 8. The molecule has 0 unspecified atom stereocenters. The summed E-state index contributed by atoms with van der Waals surface area (Å²) >= 11 is 3.52. The molecule has 4 nitrogen and oxygen atoms in total. The van der Waals surface area contributed by atoms with E-state index in [9.17, 15) is 0 Å². The molecule has 2 N–H and O–H groups in total. The molecule has 0 amide bonds. The number of benzene rings is 1. The SMILES string of the molecule is COc1cc(CCN)cc(Br)c1OCCCC(C)(C)C#N. The molecule has 0 saturated carbocycles. The van der Waals surface area contributed by atoms with E-state index in [2.05, 4.69) is 22.0 Å². The molecular formula is C16H23BrN2O2. The number of methoxy groups -OCH3 is 1. The van der Waals surface area contributed by atoms with E-state index >= 15 is 0 Å². The predicted octanol–water partition coefficient (Wildman–Crippen LogP) is 3.67. The number of hydrogen-bond donors (Lipinski definition) is 1. The van der Waals surface area contributed by atoms with Gasteiger partial charge < -0.3 is 15.2 Å². The van der Waals surface area contributed by atoms with Gasteiger partial charge in [-0.2, -0.15) is 5.26 Å². The minimum absolute atomic E-state index is 0.310.